The Bertz CT molecular complexity index is 410. The van der Waals surface area contributed by atoms with Crippen LogP contribution in [-0.4, -0.2) is 57.0 Å². The summed E-state index contributed by atoms with van der Waals surface area (Å²) in [6, 6.07) is 0. The highest BCUT2D eigenvalue weighted by Gasteiger charge is 2.24. The van der Waals surface area contributed by atoms with Gasteiger partial charge in [0.05, 0.1) is 12.3 Å². The predicted octanol–water partition coefficient (Wildman–Crippen LogP) is 1.36. The Labute approximate surface area is 123 Å². The first kappa shape index (κ1) is 17.3. The van der Waals surface area contributed by atoms with Crippen LogP contribution < -0.4 is 5.32 Å². The second-order valence-corrected chi connectivity index (χ2v) is 8.30. The first-order valence-corrected chi connectivity index (χ1v) is 9.43. The minimum atomic E-state index is -2.94. The van der Waals surface area contributed by atoms with Gasteiger partial charge in [0.2, 0.25) is 0 Å². The van der Waals surface area contributed by atoms with Gasteiger partial charge in [-0.1, -0.05) is 20.8 Å². The number of sulfone groups is 1. The SMILES string of the molecule is CCNC(=NCCS(=O)(=O)CC)N1CC(C)CC(C)C1. The van der Waals surface area contributed by atoms with Gasteiger partial charge in [0.1, 0.15) is 0 Å². The van der Waals surface area contributed by atoms with Gasteiger partial charge in [0.25, 0.3) is 0 Å². The van der Waals surface area contributed by atoms with Gasteiger partial charge in [-0.2, -0.15) is 0 Å². The Morgan fingerprint density at radius 3 is 2.35 bits per heavy atom. The average molecular weight is 303 g/mol. The van der Waals surface area contributed by atoms with Gasteiger partial charge in [0, 0.05) is 25.4 Å². The van der Waals surface area contributed by atoms with E-state index >= 15 is 0 Å². The number of piperidine rings is 1. The summed E-state index contributed by atoms with van der Waals surface area (Å²) >= 11 is 0. The van der Waals surface area contributed by atoms with Crippen molar-refractivity contribution in [3.63, 3.8) is 0 Å². The van der Waals surface area contributed by atoms with Crippen LogP contribution in [0, 0.1) is 11.8 Å². The molecule has 0 radical (unpaired) electrons. The molecule has 1 aliphatic heterocycles. The zero-order valence-electron chi connectivity index (χ0n) is 13.2. The molecule has 6 heteroatoms. The summed E-state index contributed by atoms with van der Waals surface area (Å²) in [7, 11) is -2.94. The van der Waals surface area contributed by atoms with Crippen molar-refractivity contribution in [1.29, 1.82) is 0 Å². The van der Waals surface area contributed by atoms with Gasteiger partial charge in [-0.05, 0) is 25.2 Å². The number of hydrogen-bond donors (Lipinski definition) is 1. The minimum Gasteiger partial charge on any atom is -0.357 e. The number of aliphatic imine (C=N–C) groups is 1. The van der Waals surface area contributed by atoms with Crippen molar-refractivity contribution in [3.05, 3.63) is 0 Å². The molecular formula is C14H29N3O2S. The first-order valence-electron chi connectivity index (χ1n) is 7.61. The van der Waals surface area contributed by atoms with Crippen molar-refractivity contribution in [2.24, 2.45) is 16.8 Å². The molecule has 0 spiro atoms. The molecule has 1 saturated heterocycles. The predicted molar refractivity (Wildman–Crippen MR) is 84.8 cm³/mol. The zero-order chi connectivity index (χ0) is 15.2. The maximum absolute atomic E-state index is 11.5. The number of guanidine groups is 1. The van der Waals surface area contributed by atoms with E-state index in [2.05, 4.69) is 29.1 Å². The molecule has 1 heterocycles. The summed E-state index contributed by atoms with van der Waals surface area (Å²) < 4.78 is 23.0. The fraction of sp³-hybridized carbons (Fsp3) is 0.929. The molecule has 1 fully saturated rings. The van der Waals surface area contributed by atoms with E-state index in [1.165, 1.54) is 6.42 Å². The summed E-state index contributed by atoms with van der Waals surface area (Å²) in [5.41, 5.74) is 0. The molecule has 0 aromatic rings. The van der Waals surface area contributed by atoms with Crippen molar-refractivity contribution in [1.82, 2.24) is 10.2 Å². The van der Waals surface area contributed by atoms with Crippen LogP contribution in [0.3, 0.4) is 0 Å². The fourth-order valence-electron chi connectivity index (χ4n) is 2.70. The Hall–Kier alpha value is -0.780. The van der Waals surface area contributed by atoms with E-state index in [1.54, 1.807) is 6.92 Å². The van der Waals surface area contributed by atoms with E-state index < -0.39 is 9.84 Å². The lowest BCUT2D eigenvalue weighted by molar-refractivity contribution is 0.208. The van der Waals surface area contributed by atoms with Crippen LogP contribution >= 0.6 is 0 Å². The summed E-state index contributed by atoms with van der Waals surface area (Å²) in [5, 5.41) is 3.28. The molecule has 2 unspecified atom stereocenters. The Morgan fingerprint density at radius 2 is 1.85 bits per heavy atom. The molecule has 1 N–H and O–H groups in total. The monoisotopic (exact) mass is 303 g/mol. The van der Waals surface area contributed by atoms with Gasteiger partial charge in [-0.3, -0.25) is 4.99 Å². The highest BCUT2D eigenvalue weighted by Crippen LogP contribution is 2.20. The molecule has 0 aromatic heterocycles. The molecule has 2 atom stereocenters. The van der Waals surface area contributed by atoms with E-state index in [0.29, 0.717) is 18.4 Å². The number of hydrogen-bond acceptors (Lipinski definition) is 3. The molecule has 0 aliphatic carbocycles. The minimum absolute atomic E-state index is 0.136. The Balaban J connectivity index is 2.67. The molecule has 20 heavy (non-hydrogen) atoms. The van der Waals surface area contributed by atoms with Crippen molar-refractivity contribution < 1.29 is 8.42 Å². The standard InChI is InChI=1S/C14H29N3O2S/c1-5-15-14(16-7-8-20(18,19)6-2)17-10-12(3)9-13(4)11-17/h12-13H,5-11H2,1-4H3,(H,15,16). The second-order valence-electron chi connectivity index (χ2n) is 5.82. The highest BCUT2D eigenvalue weighted by molar-refractivity contribution is 7.91. The molecule has 118 valence electrons. The fourth-order valence-corrected chi connectivity index (χ4v) is 3.35. The smallest absolute Gasteiger partial charge is 0.193 e. The lowest BCUT2D eigenvalue weighted by Crippen LogP contribution is -2.48. The maximum Gasteiger partial charge on any atom is 0.193 e. The summed E-state index contributed by atoms with van der Waals surface area (Å²) in [6.07, 6.45) is 1.25. The lowest BCUT2D eigenvalue weighted by Gasteiger charge is -2.37. The van der Waals surface area contributed by atoms with Crippen molar-refractivity contribution in [2.45, 2.75) is 34.1 Å². The Morgan fingerprint density at radius 1 is 1.25 bits per heavy atom. The number of likely N-dealkylation sites (tertiary alicyclic amines) is 1. The third-order valence-electron chi connectivity index (χ3n) is 3.61. The topological polar surface area (TPSA) is 61.8 Å². The third-order valence-corrected chi connectivity index (χ3v) is 5.29. The zero-order valence-corrected chi connectivity index (χ0v) is 14.0. The molecule has 1 aliphatic rings. The first-order chi connectivity index (χ1) is 9.38. The molecule has 0 saturated carbocycles. The highest BCUT2D eigenvalue weighted by atomic mass is 32.2. The van der Waals surface area contributed by atoms with Gasteiger partial charge >= 0.3 is 0 Å². The number of rotatable bonds is 5. The normalized spacial score (nSPS) is 24.8. The summed E-state index contributed by atoms with van der Waals surface area (Å²) in [4.78, 5) is 6.76. The van der Waals surface area contributed by atoms with Gasteiger partial charge in [0.15, 0.2) is 15.8 Å². The van der Waals surface area contributed by atoms with E-state index in [1.807, 2.05) is 6.92 Å². The lowest BCUT2D eigenvalue weighted by atomic mass is 9.92. The van der Waals surface area contributed by atoms with E-state index in [-0.39, 0.29) is 11.5 Å². The van der Waals surface area contributed by atoms with Crippen LogP contribution in [0.15, 0.2) is 4.99 Å². The average Bonchev–Trinajstić information content (AvgIpc) is 2.36. The van der Waals surface area contributed by atoms with Crippen LogP contribution in [0.5, 0.6) is 0 Å². The second kappa shape index (κ2) is 7.86. The largest absolute Gasteiger partial charge is 0.357 e. The van der Waals surface area contributed by atoms with Crippen LogP contribution in [0.2, 0.25) is 0 Å². The molecule has 1 rings (SSSR count). The summed E-state index contributed by atoms with van der Waals surface area (Å²) in [6.45, 7) is 11.4. The van der Waals surface area contributed by atoms with E-state index in [0.717, 1.165) is 25.6 Å². The van der Waals surface area contributed by atoms with Crippen LogP contribution in [0.4, 0.5) is 0 Å². The molecule has 0 aromatic carbocycles. The quantitative estimate of drug-likeness (QED) is 0.615. The van der Waals surface area contributed by atoms with Crippen LogP contribution in [0.25, 0.3) is 0 Å². The van der Waals surface area contributed by atoms with E-state index in [4.69, 9.17) is 0 Å². The van der Waals surface area contributed by atoms with Gasteiger partial charge < -0.3 is 10.2 Å². The van der Waals surface area contributed by atoms with Gasteiger partial charge in [-0.15, -0.1) is 0 Å². The molecule has 5 nitrogen and oxygen atoms in total. The molecule has 0 amide bonds. The van der Waals surface area contributed by atoms with Gasteiger partial charge in [-0.25, -0.2) is 8.42 Å². The van der Waals surface area contributed by atoms with Crippen molar-refractivity contribution in [2.75, 3.05) is 37.7 Å². The molecule has 0 bridgehead atoms. The summed E-state index contributed by atoms with van der Waals surface area (Å²) in [5.74, 6) is 2.50. The number of nitrogens with one attached hydrogen (secondary N) is 1. The van der Waals surface area contributed by atoms with Crippen LogP contribution in [0.1, 0.15) is 34.1 Å². The maximum atomic E-state index is 11.5. The van der Waals surface area contributed by atoms with E-state index in [9.17, 15) is 8.42 Å². The number of nitrogens with zero attached hydrogens (tertiary/aromatic N) is 2. The van der Waals surface area contributed by atoms with Crippen molar-refractivity contribution in [3.8, 4) is 0 Å². The third kappa shape index (κ3) is 5.69. The Kier molecular flexibility index (Phi) is 6.79. The van der Waals surface area contributed by atoms with Crippen LogP contribution in [-0.2, 0) is 9.84 Å². The van der Waals surface area contributed by atoms with Crippen molar-refractivity contribution >= 4 is 15.8 Å². The molecular weight excluding hydrogens is 274 g/mol.